The highest BCUT2D eigenvalue weighted by molar-refractivity contribution is 6.31. The van der Waals surface area contributed by atoms with Crippen molar-refractivity contribution >= 4 is 11.6 Å². The van der Waals surface area contributed by atoms with Crippen LogP contribution in [0.4, 0.5) is 0 Å². The zero-order chi connectivity index (χ0) is 12.4. The number of nitrogens with one attached hydrogen (secondary N) is 1. The molecule has 0 fully saturated rings. The van der Waals surface area contributed by atoms with Crippen molar-refractivity contribution in [2.75, 3.05) is 7.11 Å². The molecule has 0 saturated heterocycles. The lowest BCUT2D eigenvalue weighted by Crippen LogP contribution is -1.98. The first kappa shape index (κ1) is 12.0. The van der Waals surface area contributed by atoms with E-state index in [0.717, 1.165) is 28.3 Å². The first-order chi connectivity index (χ1) is 8.17. The maximum absolute atomic E-state index is 6.00. The fourth-order valence-electron chi connectivity index (χ4n) is 1.76. The number of nitrogens with two attached hydrogens (primary N) is 1. The van der Waals surface area contributed by atoms with Gasteiger partial charge in [-0.2, -0.15) is 5.10 Å². The van der Waals surface area contributed by atoms with Crippen molar-refractivity contribution in [3.05, 3.63) is 34.5 Å². The van der Waals surface area contributed by atoms with Gasteiger partial charge in [-0.25, -0.2) is 0 Å². The summed E-state index contributed by atoms with van der Waals surface area (Å²) in [6.45, 7) is 2.41. The predicted octanol–water partition coefficient (Wildman–Crippen LogP) is 2.51. The largest absolute Gasteiger partial charge is 0.496 e. The van der Waals surface area contributed by atoms with Gasteiger partial charge in [-0.3, -0.25) is 5.10 Å². The van der Waals surface area contributed by atoms with Gasteiger partial charge in [0.2, 0.25) is 0 Å². The number of methoxy groups -OCH3 is 1. The van der Waals surface area contributed by atoms with E-state index in [-0.39, 0.29) is 0 Å². The van der Waals surface area contributed by atoms with Crippen molar-refractivity contribution in [2.45, 2.75) is 13.5 Å². The van der Waals surface area contributed by atoms with Crippen LogP contribution >= 0.6 is 11.6 Å². The van der Waals surface area contributed by atoms with Gasteiger partial charge in [0.1, 0.15) is 5.75 Å². The lowest BCUT2D eigenvalue weighted by molar-refractivity contribution is 0.416. The molecule has 0 amide bonds. The number of rotatable bonds is 3. The smallest absolute Gasteiger partial charge is 0.128 e. The van der Waals surface area contributed by atoms with Crippen molar-refractivity contribution in [1.82, 2.24) is 10.2 Å². The molecule has 0 bridgehead atoms. The Labute approximate surface area is 105 Å². The second-order valence-corrected chi connectivity index (χ2v) is 4.16. The quantitative estimate of drug-likeness (QED) is 0.881. The molecule has 1 heterocycles. The number of benzene rings is 1. The number of halogens is 1. The molecule has 1 aromatic heterocycles. The molecule has 17 heavy (non-hydrogen) atoms. The maximum Gasteiger partial charge on any atom is 0.128 e. The van der Waals surface area contributed by atoms with Gasteiger partial charge in [0.15, 0.2) is 0 Å². The predicted molar refractivity (Wildman–Crippen MR) is 68.2 cm³/mol. The normalized spacial score (nSPS) is 10.6. The molecule has 90 valence electrons. The molecule has 5 heteroatoms. The number of aromatic nitrogens is 2. The summed E-state index contributed by atoms with van der Waals surface area (Å²) in [5.41, 5.74) is 9.25. The van der Waals surface area contributed by atoms with Crippen molar-refractivity contribution in [3.8, 4) is 17.0 Å². The van der Waals surface area contributed by atoms with Gasteiger partial charge in [-0.15, -0.1) is 0 Å². The van der Waals surface area contributed by atoms with Crippen molar-refractivity contribution in [1.29, 1.82) is 0 Å². The molecule has 0 atom stereocenters. The van der Waals surface area contributed by atoms with Crippen LogP contribution in [0.25, 0.3) is 11.3 Å². The monoisotopic (exact) mass is 251 g/mol. The van der Waals surface area contributed by atoms with Crippen molar-refractivity contribution in [3.63, 3.8) is 0 Å². The summed E-state index contributed by atoms with van der Waals surface area (Å²) < 4.78 is 5.31. The van der Waals surface area contributed by atoms with E-state index in [1.165, 1.54) is 0 Å². The molecule has 0 radical (unpaired) electrons. The number of hydrogen-bond donors (Lipinski definition) is 2. The first-order valence-electron chi connectivity index (χ1n) is 5.25. The van der Waals surface area contributed by atoms with Crippen LogP contribution in [0.1, 0.15) is 11.3 Å². The molecule has 0 aliphatic rings. The van der Waals surface area contributed by atoms with Crippen LogP contribution in [-0.2, 0) is 6.54 Å². The van der Waals surface area contributed by atoms with Crippen LogP contribution in [0.15, 0.2) is 18.2 Å². The van der Waals surface area contributed by atoms with Gasteiger partial charge in [0.25, 0.3) is 0 Å². The molecule has 4 nitrogen and oxygen atoms in total. The average Bonchev–Trinajstić information content (AvgIpc) is 2.70. The molecule has 2 rings (SSSR count). The van der Waals surface area contributed by atoms with E-state index in [1.807, 2.05) is 19.1 Å². The van der Waals surface area contributed by atoms with Crippen LogP contribution in [0.2, 0.25) is 5.02 Å². The summed E-state index contributed by atoms with van der Waals surface area (Å²) in [6.07, 6.45) is 0. The molecule has 0 aliphatic heterocycles. The van der Waals surface area contributed by atoms with E-state index in [2.05, 4.69) is 10.2 Å². The van der Waals surface area contributed by atoms with E-state index in [1.54, 1.807) is 13.2 Å². The minimum Gasteiger partial charge on any atom is -0.496 e. The molecule has 1 aromatic carbocycles. The van der Waals surface area contributed by atoms with Crippen LogP contribution in [-0.4, -0.2) is 17.3 Å². The molecule has 2 aromatic rings. The van der Waals surface area contributed by atoms with Crippen LogP contribution in [0.3, 0.4) is 0 Å². The fourth-order valence-corrected chi connectivity index (χ4v) is 1.93. The third-order valence-electron chi connectivity index (χ3n) is 2.73. The molecular weight excluding hydrogens is 238 g/mol. The average molecular weight is 252 g/mol. The lowest BCUT2D eigenvalue weighted by Gasteiger charge is -2.07. The van der Waals surface area contributed by atoms with E-state index in [0.29, 0.717) is 11.6 Å². The molecule has 0 saturated carbocycles. The van der Waals surface area contributed by atoms with Gasteiger partial charge in [-0.05, 0) is 30.7 Å². The summed E-state index contributed by atoms with van der Waals surface area (Å²) in [5, 5.41) is 7.83. The van der Waals surface area contributed by atoms with Crippen LogP contribution in [0, 0.1) is 6.92 Å². The highest BCUT2D eigenvalue weighted by atomic mass is 35.5. The topological polar surface area (TPSA) is 63.9 Å². The summed E-state index contributed by atoms with van der Waals surface area (Å²) in [6, 6.07) is 5.45. The van der Waals surface area contributed by atoms with Gasteiger partial charge in [-0.1, -0.05) is 11.6 Å². The summed E-state index contributed by atoms with van der Waals surface area (Å²) >= 11 is 6.00. The van der Waals surface area contributed by atoms with Crippen molar-refractivity contribution in [2.24, 2.45) is 5.73 Å². The van der Waals surface area contributed by atoms with Crippen LogP contribution in [0.5, 0.6) is 5.75 Å². The SMILES string of the molecule is COc1ccc(Cl)cc1-c1n[nH]c(CN)c1C. The number of nitrogens with zero attached hydrogens (tertiary/aromatic N) is 1. The zero-order valence-electron chi connectivity index (χ0n) is 9.75. The number of hydrogen-bond acceptors (Lipinski definition) is 3. The summed E-state index contributed by atoms with van der Waals surface area (Å²) in [7, 11) is 1.62. The minimum atomic E-state index is 0.432. The summed E-state index contributed by atoms with van der Waals surface area (Å²) in [5.74, 6) is 0.743. The standard InChI is InChI=1S/C12H14ClN3O/c1-7-10(6-14)15-16-12(7)9-5-8(13)3-4-11(9)17-2/h3-5H,6,14H2,1-2H3,(H,15,16). The molecule has 3 N–H and O–H groups in total. The fraction of sp³-hybridized carbons (Fsp3) is 0.250. The Morgan fingerprint density at radius 2 is 2.24 bits per heavy atom. The Bertz CT molecular complexity index is 537. The Kier molecular flexibility index (Phi) is 3.36. The number of aromatic amines is 1. The second kappa shape index (κ2) is 4.77. The van der Waals surface area contributed by atoms with Gasteiger partial charge in [0.05, 0.1) is 18.5 Å². The van der Waals surface area contributed by atoms with Gasteiger partial charge < -0.3 is 10.5 Å². The lowest BCUT2D eigenvalue weighted by atomic mass is 10.1. The van der Waals surface area contributed by atoms with Crippen LogP contribution < -0.4 is 10.5 Å². The second-order valence-electron chi connectivity index (χ2n) is 3.72. The van der Waals surface area contributed by atoms with E-state index >= 15 is 0 Å². The van der Waals surface area contributed by atoms with Gasteiger partial charge in [0, 0.05) is 17.1 Å². The molecule has 0 aliphatic carbocycles. The summed E-state index contributed by atoms with van der Waals surface area (Å²) in [4.78, 5) is 0. The molecular formula is C12H14ClN3O. The Hall–Kier alpha value is -1.52. The minimum absolute atomic E-state index is 0.432. The van der Waals surface area contributed by atoms with Gasteiger partial charge >= 0.3 is 0 Å². The number of ether oxygens (including phenoxy) is 1. The van der Waals surface area contributed by atoms with E-state index in [9.17, 15) is 0 Å². The van der Waals surface area contributed by atoms with Crippen molar-refractivity contribution < 1.29 is 4.74 Å². The highest BCUT2D eigenvalue weighted by Crippen LogP contribution is 2.33. The Balaban J connectivity index is 2.58. The zero-order valence-corrected chi connectivity index (χ0v) is 10.5. The third-order valence-corrected chi connectivity index (χ3v) is 2.97. The Morgan fingerprint density at radius 3 is 2.82 bits per heavy atom. The van der Waals surface area contributed by atoms with E-state index in [4.69, 9.17) is 22.1 Å². The van der Waals surface area contributed by atoms with E-state index < -0.39 is 0 Å². The highest BCUT2D eigenvalue weighted by Gasteiger charge is 2.14. The third kappa shape index (κ3) is 2.14. The maximum atomic E-state index is 6.00. The Morgan fingerprint density at radius 1 is 1.47 bits per heavy atom. The molecule has 0 spiro atoms. The number of H-pyrrole nitrogens is 1. The molecule has 0 unspecified atom stereocenters. The first-order valence-corrected chi connectivity index (χ1v) is 5.63.